The summed E-state index contributed by atoms with van der Waals surface area (Å²) in [5.74, 6) is 2.24. The molecule has 1 aromatic heterocycles. The third kappa shape index (κ3) is 18.5. The highest BCUT2D eigenvalue weighted by Crippen LogP contribution is 2.27. The molecular formula is C36H71N2+. The van der Waals surface area contributed by atoms with Crippen molar-refractivity contribution in [1.82, 2.24) is 4.98 Å². The Hall–Kier alpha value is -0.790. The number of aromatic amines is 1. The normalized spacial score (nSPS) is 13.3. The van der Waals surface area contributed by atoms with Gasteiger partial charge in [0.1, 0.15) is 12.4 Å². The van der Waals surface area contributed by atoms with Gasteiger partial charge in [-0.3, -0.25) is 0 Å². The molecule has 2 heteroatoms. The van der Waals surface area contributed by atoms with Gasteiger partial charge in [0, 0.05) is 0 Å². The zero-order valence-corrected chi connectivity index (χ0v) is 26.8. The molecule has 1 aromatic rings. The van der Waals surface area contributed by atoms with Crippen molar-refractivity contribution in [3.05, 3.63) is 18.2 Å². The van der Waals surface area contributed by atoms with Crippen LogP contribution in [0.1, 0.15) is 219 Å². The van der Waals surface area contributed by atoms with Crippen molar-refractivity contribution in [1.29, 1.82) is 0 Å². The third-order valence-electron chi connectivity index (χ3n) is 8.89. The minimum Gasteiger partial charge on any atom is -0.247 e. The quantitative estimate of drug-likeness (QED) is 0.0783. The van der Waals surface area contributed by atoms with E-state index in [-0.39, 0.29) is 0 Å². The Morgan fingerprint density at radius 2 is 0.842 bits per heavy atom. The molecule has 2 unspecified atom stereocenters. The van der Waals surface area contributed by atoms with Gasteiger partial charge in [-0.1, -0.05) is 168 Å². The molecule has 0 radical (unpaired) electrons. The van der Waals surface area contributed by atoms with Crippen LogP contribution in [0.15, 0.2) is 12.4 Å². The Bertz CT molecular complexity index is 592. The van der Waals surface area contributed by atoms with E-state index in [1.54, 1.807) is 0 Å². The van der Waals surface area contributed by atoms with Gasteiger partial charge in [-0.2, -0.15) is 0 Å². The summed E-state index contributed by atoms with van der Waals surface area (Å²) in [6.07, 6.45) is 42.7. The monoisotopic (exact) mass is 532 g/mol. The van der Waals surface area contributed by atoms with E-state index in [2.05, 4.69) is 49.6 Å². The molecule has 0 amide bonds. The molecular weight excluding hydrogens is 460 g/mol. The van der Waals surface area contributed by atoms with E-state index in [1.807, 2.05) is 0 Å². The molecule has 2 atom stereocenters. The lowest BCUT2D eigenvalue weighted by Gasteiger charge is -2.17. The van der Waals surface area contributed by atoms with Crippen molar-refractivity contribution >= 4 is 0 Å². The first-order valence-electron chi connectivity index (χ1n) is 17.8. The average Bonchev–Trinajstić information content (AvgIpc) is 3.42. The van der Waals surface area contributed by atoms with Crippen LogP contribution >= 0.6 is 0 Å². The average molecular weight is 532 g/mol. The number of unbranched alkanes of at least 4 members (excludes halogenated alkanes) is 21. The summed E-state index contributed by atoms with van der Waals surface area (Å²) in [4.78, 5) is 3.73. The van der Waals surface area contributed by atoms with Crippen LogP contribution in [0.5, 0.6) is 0 Å². The summed E-state index contributed by atoms with van der Waals surface area (Å²) in [7, 11) is 0. The van der Waals surface area contributed by atoms with Crippen LogP contribution in [0.25, 0.3) is 0 Å². The lowest BCUT2D eigenvalue weighted by atomic mass is 9.92. The first-order chi connectivity index (χ1) is 18.7. The molecule has 0 aliphatic carbocycles. The van der Waals surface area contributed by atoms with Gasteiger partial charge >= 0.3 is 0 Å². The highest BCUT2D eigenvalue weighted by Gasteiger charge is 2.25. The number of nitrogens with one attached hydrogen (secondary N) is 1. The summed E-state index contributed by atoms with van der Waals surface area (Å²) < 4.78 is 2.62. The summed E-state index contributed by atoms with van der Waals surface area (Å²) in [5.41, 5.74) is 0. The van der Waals surface area contributed by atoms with Crippen LogP contribution in [0.4, 0.5) is 0 Å². The van der Waals surface area contributed by atoms with Crippen molar-refractivity contribution in [3.8, 4) is 0 Å². The second-order valence-corrected chi connectivity index (χ2v) is 12.6. The highest BCUT2D eigenvalue weighted by atomic mass is 15.1. The van der Waals surface area contributed by atoms with Gasteiger partial charge in [-0.05, 0) is 32.6 Å². The Labute approximate surface area is 240 Å². The largest absolute Gasteiger partial charge is 0.257 e. The van der Waals surface area contributed by atoms with Gasteiger partial charge in [-0.25, -0.2) is 9.55 Å². The zero-order chi connectivity index (χ0) is 27.5. The summed E-state index contributed by atoms with van der Waals surface area (Å²) >= 11 is 0. The molecule has 0 spiro atoms. The number of rotatable bonds is 29. The fraction of sp³-hybridized carbons (Fsp3) is 0.917. The van der Waals surface area contributed by atoms with Crippen LogP contribution in [0, 0.1) is 0 Å². The highest BCUT2D eigenvalue weighted by molar-refractivity contribution is 4.90. The van der Waals surface area contributed by atoms with E-state index in [1.165, 1.54) is 179 Å². The molecule has 2 nitrogen and oxygen atoms in total. The standard InChI is InChI=1S/C36H70N2/c1-5-8-11-14-17-18-19-20-22-25-28-31-35(30-27-24-21-15-12-9-6-2)36-37-32-33-38(36)34(4)29-26-23-16-13-10-7-3/h32-35H,5-31H2,1-4H3/p+1. The van der Waals surface area contributed by atoms with Crippen LogP contribution in [-0.4, -0.2) is 4.98 Å². The topological polar surface area (TPSA) is 19.7 Å². The van der Waals surface area contributed by atoms with Gasteiger partial charge < -0.3 is 0 Å². The van der Waals surface area contributed by atoms with Gasteiger partial charge in [0.05, 0.1) is 12.0 Å². The minimum absolute atomic E-state index is 0.622. The first-order valence-corrected chi connectivity index (χ1v) is 17.8. The van der Waals surface area contributed by atoms with Gasteiger partial charge in [-0.15, -0.1) is 0 Å². The van der Waals surface area contributed by atoms with E-state index < -0.39 is 0 Å². The number of H-pyrrole nitrogens is 1. The molecule has 0 aromatic carbocycles. The fourth-order valence-corrected chi connectivity index (χ4v) is 6.25. The van der Waals surface area contributed by atoms with Crippen molar-refractivity contribution < 1.29 is 4.57 Å². The Morgan fingerprint density at radius 3 is 1.24 bits per heavy atom. The summed E-state index contributed by atoms with van der Waals surface area (Å²) in [6.45, 7) is 9.39. The second kappa shape index (κ2) is 26.4. The molecule has 224 valence electrons. The lowest BCUT2D eigenvalue weighted by Crippen LogP contribution is -2.41. The number of hydrogen-bond acceptors (Lipinski definition) is 0. The lowest BCUT2D eigenvalue weighted by molar-refractivity contribution is -0.727. The van der Waals surface area contributed by atoms with E-state index >= 15 is 0 Å². The minimum atomic E-state index is 0.622. The molecule has 0 bridgehead atoms. The third-order valence-corrected chi connectivity index (χ3v) is 8.89. The Morgan fingerprint density at radius 1 is 0.500 bits per heavy atom. The Balaban J connectivity index is 2.45. The van der Waals surface area contributed by atoms with Crippen molar-refractivity contribution in [2.75, 3.05) is 0 Å². The molecule has 1 N–H and O–H groups in total. The number of aromatic nitrogens is 2. The Kier molecular flexibility index (Phi) is 24.5. The SMILES string of the molecule is CCCCCCCCCCCCCC(CCCCCCCCC)c1[nH]cc[n+]1C(C)CCCCCCCC. The molecule has 0 fully saturated rings. The predicted octanol–water partition coefficient (Wildman–Crippen LogP) is 12.5. The van der Waals surface area contributed by atoms with Crippen molar-refractivity contribution in [2.24, 2.45) is 0 Å². The molecule has 38 heavy (non-hydrogen) atoms. The van der Waals surface area contributed by atoms with Crippen LogP contribution < -0.4 is 4.57 Å². The predicted molar refractivity (Wildman–Crippen MR) is 170 cm³/mol. The zero-order valence-electron chi connectivity index (χ0n) is 26.8. The molecule has 0 saturated heterocycles. The van der Waals surface area contributed by atoms with Crippen LogP contribution in [0.3, 0.4) is 0 Å². The maximum absolute atomic E-state index is 3.73. The maximum Gasteiger partial charge on any atom is 0.257 e. The number of hydrogen-bond donors (Lipinski definition) is 1. The van der Waals surface area contributed by atoms with E-state index in [9.17, 15) is 0 Å². The van der Waals surface area contributed by atoms with E-state index in [0.717, 1.165) is 0 Å². The molecule has 0 aliphatic rings. The van der Waals surface area contributed by atoms with Crippen molar-refractivity contribution in [2.45, 2.75) is 213 Å². The van der Waals surface area contributed by atoms with Gasteiger partial charge in [0.25, 0.3) is 5.82 Å². The van der Waals surface area contributed by atoms with Crippen LogP contribution in [0.2, 0.25) is 0 Å². The molecule has 1 rings (SSSR count). The smallest absolute Gasteiger partial charge is 0.247 e. The molecule has 1 heterocycles. The number of imidazole rings is 1. The van der Waals surface area contributed by atoms with Gasteiger partial charge in [0.2, 0.25) is 0 Å². The van der Waals surface area contributed by atoms with Crippen molar-refractivity contribution in [3.63, 3.8) is 0 Å². The second-order valence-electron chi connectivity index (χ2n) is 12.6. The van der Waals surface area contributed by atoms with Gasteiger partial charge in [0.15, 0.2) is 0 Å². The molecule has 0 saturated carbocycles. The fourth-order valence-electron chi connectivity index (χ4n) is 6.25. The summed E-state index contributed by atoms with van der Waals surface area (Å²) in [5, 5.41) is 0. The molecule has 0 aliphatic heterocycles. The van der Waals surface area contributed by atoms with E-state index in [4.69, 9.17) is 0 Å². The van der Waals surface area contributed by atoms with E-state index in [0.29, 0.717) is 12.0 Å². The summed E-state index contributed by atoms with van der Waals surface area (Å²) in [6, 6.07) is 0.622. The first kappa shape index (κ1) is 35.2. The maximum atomic E-state index is 3.73. The number of nitrogens with zero attached hydrogens (tertiary/aromatic N) is 1. The van der Waals surface area contributed by atoms with Crippen LogP contribution in [-0.2, 0) is 0 Å².